The first-order valence-electron chi connectivity index (χ1n) is 5.91. The quantitative estimate of drug-likeness (QED) is 0.647. The van der Waals surface area contributed by atoms with Gasteiger partial charge in [0.1, 0.15) is 0 Å². The van der Waals surface area contributed by atoms with Gasteiger partial charge in [-0.2, -0.15) is 0 Å². The van der Waals surface area contributed by atoms with Crippen LogP contribution in [0.4, 0.5) is 0 Å². The van der Waals surface area contributed by atoms with E-state index < -0.39 is 0 Å². The molecule has 0 radical (unpaired) electrons. The average molecular weight is 200 g/mol. The highest BCUT2D eigenvalue weighted by Gasteiger charge is 2.34. The summed E-state index contributed by atoms with van der Waals surface area (Å²) >= 11 is 0. The SMILES string of the molecule is CCCCCC1(C)O[C@H](C)C[C@@H](C)O1. The monoisotopic (exact) mass is 200 g/mol. The molecule has 84 valence electrons. The first-order chi connectivity index (χ1) is 6.56. The van der Waals surface area contributed by atoms with E-state index in [0.29, 0.717) is 12.2 Å². The molecule has 0 aromatic carbocycles. The summed E-state index contributed by atoms with van der Waals surface area (Å²) < 4.78 is 11.7. The van der Waals surface area contributed by atoms with Crippen molar-refractivity contribution in [2.75, 3.05) is 0 Å². The van der Waals surface area contributed by atoms with Gasteiger partial charge in [0.2, 0.25) is 0 Å². The van der Waals surface area contributed by atoms with Crippen LogP contribution in [-0.2, 0) is 9.47 Å². The van der Waals surface area contributed by atoms with Crippen LogP contribution in [0.3, 0.4) is 0 Å². The molecule has 0 spiro atoms. The molecule has 2 atom stereocenters. The summed E-state index contributed by atoms with van der Waals surface area (Å²) in [6.07, 6.45) is 6.44. The molecule has 14 heavy (non-hydrogen) atoms. The van der Waals surface area contributed by atoms with Gasteiger partial charge < -0.3 is 9.47 Å². The van der Waals surface area contributed by atoms with Gasteiger partial charge in [-0.05, 0) is 33.6 Å². The van der Waals surface area contributed by atoms with Crippen LogP contribution in [0.5, 0.6) is 0 Å². The lowest BCUT2D eigenvalue weighted by molar-refractivity contribution is -0.305. The van der Waals surface area contributed by atoms with E-state index in [1.165, 1.54) is 19.3 Å². The summed E-state index contributed by atoms with van der Waals surface area (Å²) in [4.78, 5) is 0. The summed E-state index contributed by atoms with van der Waals surface area (Å²) in [5.74, 6) is -0.327. The van der Waals surface area contributed by atoms with E-state index in [-0.39, 0.29) is 5.79 Å². The summed E-state index contributed by atoms with van der Waals surface area (Å²) in [7, 11) is 0. The second-order valence-corrected chi connectivity index (χ2v) is 4.68. The molecule has 0 saturated carbocycles. The van der Waals surface area contributed by atoms with Gasteiger partial charge in [0.15, 0.2) is 5.79 Å². The van der Waals surface area contributed by atoms with Gasteiger partial charge in [-0.3, -0.25) is 0 Å². The van der Waals surface area contributed by atoms with E-state index in [0.717, 1.165) is 12.8 Å². The standard InChI is InChI=1S/C12H24O2/c1-5-6-7-8-12(4)13-10(2)9-11(3)14-12/h10-11H,5-9H2,1-4H3/t10-,11-/m1/s1. The molecule has 0 aromatic heterocycles. The number of hydrogen-bond donors (Lipinski definition) is 0. The van der Waals surface area contributed by atoms with Crippen LogP contribution in [0.2, 0.25) is 0 Å². The van der Waals surface area contributed by atoms with Crippen molar-refractivity contribution in [3.05, 3.63) is 0 Å². The summed E-state index contributed by atoms with van der Waals surface area (Å²) in [6, 6.07) is 0. The van der Waals surface area contributed by atoms with Crippen LogP contribution in [0, 0.1) is 0 Å². The first kappa shape index (κ1) is 12.0. The molecular weight excluding hydrogens is 176 g/mol. The fraction of sp³-hybridized carbons (Fsp3) is 1.00. The molecule has 0 N–H and O–H groups in total. The molecule has 1 fully saturated rings. The Hall–Kier alpha value is -0.0800. The molecule has 1 aliphatic heterocycles. The maximum Gasteiger partial charge on any atom is 0.166 e. The summed E-state index contributed by atoms with van der Waals surface area (Å²) in [5.41, 5.74) is 0. The molecule has 0 unspecified atom stereocenters. The minimum atomic E-state index is -0.327. The molecule has 1 saturated heterocycles. The van der Waals surface area contributed by atoms with Crippen LogP contribution >= 0.6 is 0 Å². The molecule has 2 heteroatoms. The number of hydrogen-bond acceptors (Lipinski definition) is 2. The lowest BCUT2D eigenvalue weighted by atomic mass is 10.1. The maximum atomic E-state index is 5.87. The van der Waals surface area contributed by atoms with E-state index in [2.05, 4.69) is 27.7 Å². The Morgan fingerprint density at radius 1 is 1.14 bits per heavy atom. The third kappa shape index (κ3) is 3.58. The van der Waals surface area contributed by atoms with Gasteiger partial charge in [-0.15, -0.1) is 0 Å². The van der Waals surface area contributed by atoms with E-state index in [9.17, 15) is 0 Å². The van der Waals surface area contributed by atoms with Crippen molar-refractivity contribution in [1.29, 1.82) is 0 Å². The van der Waals surface area contributed by atoms with Crippen molar-refractivity contribution in [2.45, 2.75) is 77.8 Å². The number of ether oxygens (including phenoxy) is 2. The second kappa shape index (κ2) is 5.13. The molecule has 0 bridgehead atoms. The molecule has 1 rings (SSSR count). The zero-order chi connectivity index (χ0) is 10.6. The lowest BCUT2D eigenvalue weighted by Gasteiger charge is -2.41. The van der Waals surface area contributed by atoms with E-state index in [1.54, 1.807) is 0 Å². The van der Waals surface area contributed by atoms with Crippen molar-refractivity contribution >= 4 is 0 Å². The molecule has 1 aliphatic rings. The Balaban J connectivity index is 2.38. The van der Waals surface area contributed by atoms with Crippen molar-refractivity contribution in [3.8, 4) is 0 Å². The van der Waals surface area contributed by atoms with Gasteiger partial charge in [0.05, 0.1) is 12.2 Å². The highest BCUT2D eigenvalue weighted by atomic mass is 16.7. The van der Waals surface area contributed by atoms with Crippen LogP contribution in [0.1, 0.15) is 59.8 Å². The summed E-state index contributed by atoms with van der Waals surface area (Å²) in [6.45, 7) is 8.57. The molecular formula is C12H24O2. The van der Waals surface area contributed by atoms with E-state index >= 15 is 0 Å². The van der Waals surface area contributed by atoms with E-state index in [1.807, 2.05) is 0 Å². The topological polar surface area (TPSA) is 18.5 Å². The van der Waals surface area contributed by atoms with Gasteiger partial charge in [0.25, 0.3) is 0 Å². The molecule has 0 amide bonds. The highest BCUT2D eigenvalue weighted by Crippen LogP contribution is 2.30. The van der Waals surface area contributed by atoms with Gasteiger partial charge in [-0.25, -0.2) is 0 Å². The highest BCUT2D eigenvalue weighted by molar-refractivity contribution is 4.74. The summed E-state index contributed by atoms with van der Waals surface area (Å²) in [5, 5.41) is 0. The number of unbranched alkanes of at least 4 members (excludes halogenated alkanes) is 2. The molecule has 2 nitrogen and oxygen atoms in total. The van der Waals surface area contributed by atoms with Gasteiger partial charge in [0, 0.05) is 6.42 Å². The van der Waals surface area contributed by atoms with Crippen molar-refractivity contribution in [1.82, 2.24) is 0 Å². The third-order valence-electron chi connectivity index (χ3n) is 2.80. The molecule has 1 heterocycles. The van der Waals surface area contributed by atoms with Gasteiger partial charge >= 0.3 is 0 Å². The van der Waals surface area contributed by atoms with Crippen LogP contribution in [-0.4, -0.2) is 18.0 Å². The predicted molar refractivity (Wildman–Crippen MR) is 58.3 cm³/mol. The fourth-order valence-corrected chi connectivity index (χ4v) is 2.26. The van der Waals surface area contributed by atoms with Crippen molar-refractivity contribution in [2.24, 2.45) is 0 Å². The lowest BCUT2D eigenvalue weighted by Crippen LogP contribution is -2.44. The first-order valence-corrected chi connectivity index (χ1v) is 5.91. The second-order valence-electron chi connectivity index (χ2n) is 4.68. The largest absolute Gasteiger partial charge is 0.347 e. The fourth-order valence-electron chi connectivity index (χ4n) is 2.26. The van der Waals surface area contributed by atoms with Crippen LogP contribution in [0.15, 0.2) is 0 Å². The normalized spacial score (nSPS) is 38.6. The smallest absolute Gasteiger partial charge is 0.166 e. The maximum absolute atomic E-state index is 5.87. The zero-order valence-corrected chi connectivity index (χ0v) is 10.0. The number of rotatable bonds is 4. The minimum absolute atomic E-state index is 0.327. The Morgan fingerprint density at radius 2 is 1.71 bits per heavy atom. The zero-order valence-electron chi connectivity index (χ0n) is 10.0. The Bertz CT molecular complexity index is 158. The third-order valence-corrected chi connectivity index (χ3v) is 2.80. The Labute approximate surface area is 88.0 Å². The van der Waals surface area contributed by atoms with Crippen LogP contribution in [0.25, 0.3) is 0 Å². The van der Waals surface area contributed by atoms with Crippen molar-refractivity contribution < 1.29 is 9.47 Å². The van der Waals surface area contributed by atoms with E-state index in [4.69, 9.17) is 9.47 Å². The van der Waals surface area contributed by atoms with Gasteiger partial charge in [-0.1, -0.05) is 19.8 Å². The van der Waals surface area contributed by atoms with Crippen molar-refractivity contribution in [3.63, 3.8) is 0 Å². The molecule has 0 aliphatic carbocycles. The predicted octanol–water partition coefficient (Wildman–Crippen LogP) is 3.50. The Morgan fingerprint density at radius 3 is 2.21 bits per heavy atom. The Kier molecular flexibility index (Phi) is 4.39. The van der Waals surface area contributed by atoms with Crippen LogP contribution < -0.4 is 0 Å². The average Bonchev–Trinajstić information content (AvgIpc) is 2.01. The minimum Gasteiger partial charge on any atom is -0.347 e. The molecule has 0 aromatic rings.